The van der Waals surface area contributed by atoms with Gasteiger partial charge in [-0.3, -0.25) is 4.90 Å². The predicted octanol–water partition coefficient (Wildman–Crippen LogP) is 4.04. The summed E-state index contributed by atoms with van der Waals surface area (Å²) in [5.41, 5.74) is 8.64. The van der Waals surface area contributed by atoms with Gasteiger partial charge in [-0.05, 0) is 36.6 Å². The lowest BCUT2D eigenvalue weighted by Crippen LogP contribution is -2.34. The average molecular weight is 292 g/mol. The van der Waals surface area contributed by atoms with Crippen molar-refractivity contribution in [3.05, 3.63) is 35.4 Å². The molecule has 0 amide bonds. The van der Waals surface area contributed by atoms with Crippen LogP contribution < -0.4 is 5.73 Å². The van der Waals surface area contributed by atoms with Crippen LogP contribution in [0.1, 0.15) is 57.7 Å². The minimum atomic E-state index is 0.0329. The first-order valence-electron chi connectivity index (χ1n) is 7.37. The summed E-state index contributed by atoms with van der Waals surface area (Å²) in [6.45, 7) is 9.88. The summed E-state index contributed by atoms with van der Waals surface area (Å²) in [7, 11) is 2.09. The average Bonchev–Trinajstić information content (AvgIpc) is 2.35. The van der Waals surface area contributed by atoms with Gasteiger partial charge >= 0.3 is 0 Å². The van der Waals surface area contributed by atoms with Crippen LogP contribution in [0.4, 0.5) is 0 Å². The fourth-order valence-electron chi connectivity index (χ4n) is 2.34. The molecule has 0 saturated heterocycles. The van der Waals surface area contributed by atoms with Gasteiger partial charge in [0.15, 0.2) is 0 Å². The highest BCUT2D eigenvalue weighted by atomic mass is 32.1. The van der Waals surface area contributed by atoms with E-state index in [9.17, 15) is 0 Å². The van der Waals surface area contributed by atoms with Gasteiger partial charge in [0.05, 0.1) is 11.0 Å². The normalized spacial score (nSPS) is 13.5. The number of benzene rings is 1. The molecule has 20 heavy (non-hydrogen) atoms. The van der Waals surface area contributed by atoms with Crippen molar-refractivity contribution in [2.75, 3.05) is 13.6 Å². The van der Waals surface area contributed by atoms with Crippen molar-refractivity contribution in [3.63, 3.8) is 0 Å². The number of rotatable bonds is 6. The number of hydrogen-bond donors (Lipinski definition) is 1. The lowest BCUT2D eigenvalue weighted by molar-refractivity contribution is 0.296. The third kappa shape index (κ3) is 4.57. The summed E-state index contributed by atoms with van der Waals surface area (Å²) in [5.74, 6) is 0. The molecule has 1 atom stereocenters. The minimum Gasteiger partial charge on any atom is -0.392 e. The molecule has 2 nitrogen and oxygen atoms in total. The zero-order valence-corrected chi connectivity index (χ0v) is 14.3. The Morgan fingerprint density at radius 1 is 1.25 bits per heavy atom. The number of unbranched alkanes of at least 4 members (excludes halogenated alkanes) is 1. The first-order valence-corrected chi connectivity index (χ1v) is 7.78. The molecule has 112 valence electrons. The standard InChI is InChI=1S/C17H28N2S/c1-6-7-12-19(5)15(16(18)20)13-8-10-14(11-9-13)17(2,3)4/h8-11,15H,6-7,12H2,1-5H3,(H2,18,20). The summed E-state index contributed by atoms with van der Waals surface area (Å²) in [4.78, 5) is 2.80. The molecule has 0 aliphatic rings. The van der Waals surface area contributed by atoms with E-state index in [1.165, 1.54) is 17.5 Å². The van der Waals surface area contributed by atoms with Crippen LogP contribution >= 0.6 is 12.2 Å². The molecule has 0 aliphatic heterocycles. The van der Waals surface area contributed by atoms with Crippen molar-refractivity contribution in [1.29, 1.82) is 0 Å². The maximum absolute atomic E-state index is 5.95. The third-order valence-corrected chi connectivity index (χ3v) is 3.89. The SMILES string of the molecule is CCCCN(C)C(C(N)=S)c1ccc(C(C)(C)C)cc1. The van der Waals surface area contributed by atoms with Gasteiger partial charge in [-0.2, -0.15) is 0 Å². The Morgan fingerprint density at radius 2 is 1.80 bits per heavy atom. The molecule has 1 rings (SSSR count). The minimum absolute atomic E-state index is 0.0329. The number of thiocarbonyl (C=S) groups is 1. The van der Waals surface area contributed by atoms with Gasteiger partial charge in [0.1, 0.15) is 0 Å². The Morgan fingerprint density at radius 3 is 2.20 bits per heavy atom. The topological polar surface area (TPSA) is 29.3 Å². The first kappa shape index (κ1) is 17.1. The van der Waals surface area contributed by atoms with E-state index in [0.29, 0.717) is 4.99 Å². The molecule has 1 aromatic carbocycles. The van der Waals surface area contributed by atoms with Gasteiger partial charge in [-0.25, -0.2) is 0 Å². The second kappa shape index (κ2) is 7.19. The number of hydrogen-bond acceptors (Lipinski definition) is 2. The molecule has 0 radical (unpaired) electrons. The summed E-state index contributed by atoms with van der Waals surface area (Å²) in [6, 6.07) is 8.73. The van der Waals surface area contributed by atoms with Gasteiger partial charge in [-0.1, -0.05) is 70.6 Å². The van der Waals surface area contributed by atoms with E-state index >= 15 is 0 Å². The fraction of sp³-hybridized carbons (Fsp3) is 0.588. The van der Waals surface area contributed by atoms with Crippen LogP contribution in [0, 0.1) is 0 Å². The molecule has 0 aromatic heterocycles. The van der Waals surface area contributed by atoms with Crippen LogP contribution in [0.5, 0.6) is 0 Å². The molecule has 3 heteroatoms. The molecule has 2 N–H and O–H groups in total. The van der Waals surface area contributed by atoms with Crippen LogP contribution in [0.15, 0.2) is 24.3 Å². The molecule has 0 bridgehead atoms. The van der Waals surface area contributed by atoms with Gasteiger partial charge in [-0.15, -0.1) is 0 Å². The monoisotopic (exact) mass is 292 g/mol. The van der Waals surface area contributed by atoms with Crippen molar-refractivity contribution in [3.8, 4) is 0 Å². The van der Waals surface area contributed by atoms with E-state index in [-0.39, 0.29) is 11.5 Å². The highest BCUT2D eigenvalue weighted by Crippen LogP contribution is 2.26. The molecule has 0 spiro atoms. The Balaban J connectivity index is 2.95. The van der Waals surface area contributed by atoms with Gasteiger partial charge in [0.25, 0.3) is 0 Å². The van der Waals surface area contributed by atoms with Gasteiger partial charge < -0.3 is 5.73 Å². The zero-order valence-electron chi connectivity index (χ0n) is 13.4. The van der Waals surface area contributed by atoms with E-state index in [1.807, 2.05) is 0 Å². The quantitative estimate of drug-likeness (QED) is 0.802. The summed E-state index contributed by atoms with van der Waals surface area (Å²) in [6.07, 6.45) is 2.34. The molecule has 0 fully saturated rings. The number of nitrogens with two attached hydrogens (primary N) is 1. The van der Waals surface area contributed by atoms with Crippen molar-refractivity contribution in [2.45, 2.75) is 52.0 Å². The Bertz CT molecular complexity index is 431. The van der Waals surface area contributed by atoms with Gasteiger partial charge in [0.2, 0.25) is 0 Å². The fourth-order valence-corrected chi connectivity index (χ4v) is 2.65. The number of nitrogens with zero attached hydrogens (tertiary/aromatic N) is 1. The maximum Gasteiger partial charge on any atom is 0.0948 e. The highest BCUT2D eigenvalue weighted by Gasteiger charge is 2.20. The lowest BCUT2D eigenvalue weighted by Gasteiger charge is -2.28. The van der Waals surface area contributed by atoms with Crippen molar-refractivity contribution < 1.29 is 0 Å². The Labute approximate surface area is 129 Å². The van der Waals surface area contributed by atoms with E-state index < -0.39 is 0 Å². The first-order chi connectivity index (χ1) is 9.27. The molecule has 0 aliphatic carbocycles. The van der Waals surface area contributed by atoms with E-state index in [4.69, 9.17) is 18.0 Å². The molecular formula is C17H28N2S. The zero-order chi connectivity index (χ0) is 15.3. The van der Waals surface area contributed by atoms with Crippen LogP contribution in [0.2, 0.25) is 0 Å². The van der Waals surface area contributed by atoms with Gasteiger partial charge in [0, 0.05) is 0 Å². The largest absolute Gasteiger partial charge is 0.392 e. The molecule has 0 saturated carbocycles. The van der Waals surface area contributed by atoms with Crippen LogP contribution in [-0.4, -0.2) is 23.5 Å². The van der Waals surface area contributed by atoms with Crippen LogP contribution in [-0.2, 0) is 5.41 Å². The number of likely N-dealkylation sites (N-methyl/N-ethyl adjacent to an activating group) is 1. The molecule has 1 aromatic rings. The van der Waals surface area contributed by atoms with Crippen molar-refractivity contribution in [1.82, 2.24) is 4.90 Å². The van der Waals surface area contributed by atoms with Crippen molar-refractivity contribution >= 4 is 17.2 Å². The Hall–Kier alpha value is -0.930. The third-order valence-electron chi connectivity index (χ3n) is 3.67. The summed E-state index contributed by atoms with van der Waals surface area (Å²) >= 11 is 5.27. The molecular weight excluding hydrogens is 264 g/mol. The highest BCUT2D eigenvalue weighted by molar-refractivity contribution is 7.80. The van der Waals surface area contributed by atoms with E-state index in [2.05, 4.69) is 63.9 Å². The van der Waals surface area contributed by atoms with Crippen LogP contribution in [0.3, 0.4) is 0 Å². The smallest absolute Gasteiger partial charge is 0.0948 e. The van der Waals surface area contributed by atoms with Crippen molar-refractivity contribution in [2.24, 2.45) is 5.73 Å². The van der Waals surface area contributed by atoms with E-state index in [1.54, 1.807) is 0 Å². The summed E-state index contributed by atoms with van der Waals surface area (Å²) in [5, 5.41) is 0. The second-order valence-electron chi connectivity index (χ2n) is 6.51. The summed E-state index contributed by atoms with van der Waals surface area (Å²) < 4.78 is 0. The maximum atomic E-state index is 5.95. The lowest BCUT2D eigenvalue weighted by atomic mass is 9.86. The molecule has 1 unspecified atom stereocenters. The van der Waals surface area contributed by atoms with Crippen LogP contribution in [0.25, 0.3) is 0 Å². The predicted molar refractivity (Wildman–Crippen MR) is 92.2 cm³/mol. The Kier molecular flexibility index (Phi) is 6.15. The van der Waals surface area contributed by atoms with E-state index in [0.717, 1.165) is 13.0 Å². The molecule has 0 heterocycles. The second-order valence-corrected chi connectivity index (χ2v) is 6.98.